The van der Waals surface area contributed by atoms with Crippen LogP contribution in [0.15, 0.2) is 42.5 Å². The van der Waals surface area contributed by atoms with Crippen molar-refractivity contribution in [2.24, 2.45) is 0 Å². The molecule has 4 heteroatoms. The summed E-state index contributed by atoms with van der Waals surface area (Å²) in [5.41, 5.74) is 1.81. The lowest BCUT2D eigenvalue weighted by Crippen LogP contribution is -2.23. The highest BCUT2D eigenvalue weighted by Gasteiger charge is 2.15. The van der Waals surface area contributed by atoms with E-state index in [9.17, 15) is 4.39 Å². The van der Waals surface area contributed by atoms with Crippen molar-refractivity contribution in [2.45, 2.75) is 19.4 Å². The molecule has 106 valence electrons. The Balaban J connectivity index is 2.28. The van der Waals surface area contributed by atoms with Gasteiger partial charge in [0.25, 0.3) is 0 Å². The molecule has 0 amide bonds. The standard InChI is InChI=1S/C16H16ClFIN/c1-2-20-15(11-5-3-7-13(19)9-11)10-12-6-4-8-14(17)16(12)18/h3-9,15,20H,2,10H2,1H3. The van der Waals surface area contributed by atoms with E-state index in [2.05, 4.69) is 47.0 Å². The van der Waals surface area contributed by atoms with Crippen molar-refractivity contribution in [3.63, 3.8) is 0 Å². The van der Waals surface area contributed by atoms with Crippen molar-refractivity contribution in [3.05, 3.63) is 68.0 Å². The van der Waals surface area contributed by atoms with E-state index in [1.54, 1.807) is 18.2 Å². The second kappa shape index (κ2) is 7.38. The van der Waals surface area contributed by atoms with Gasteiger partial charge in [-0.2, -0.15) is 0 Å². The molecule has 1 nitrogen and oxygen atoms in total. The van der Waals surface area contributed by atoms with E-state index in [1.807, 2.05) is 12.1 Å². The fourth-order valence-corrected chi connectivity index (χ4v) is 2.96. The SMILES string of the molecule is CCNC(Cc1cccc(Cl)c1F)c1cccc(I)c1. The van der Waals surface area contributed by atoms with Crippen molar-refractivity contribution in [2.75, 3.05) is 6.54 Å². The van der Waals surface area contributed by atoms with Gasteiger partial charge in [-0.1, -0.05) is 42.8 Å². The molecule has 20 heavy (non-hydrogen) atoms. The number of nitrogens with one attached hydrogen (secondary N) is 1. The molecule has 1 unspecified atom stereocenters. The van der Waals surface area contributed by atoms with Gasteiger partial charge < -0.3 is 5.32 Å². The van der Waals surface area contributed by atoms with E-state index in [0.717, 1.165) is 12.1 Å². The summed E-state index contributed by atoms with van der Waals surface area (Å²) < 4.78 is 15.2. The van der Waals surface area contributed by atoms with Crippen LogP contribution in [0.3, 0.4) is 0 Å². The molecule has 0 aromatic heterocycles. The average molecular weight is 404 g/mol. The molecule has 0 radical (unpaired) electrons. The van der Waals surface area contributed by atoms with Crippen molar-refractivity contribution in [1.82, 2.24) is 5.32 Å². The summed E-state index contributed by atoms with van der Waals surface area (Å²) in [5.74, 6) is -0.317. The lowest BCUT2D eigenvalue weighted by Gasteiger charge is -2.19. The third kappa shape index (κ3) is 3.93. The quantitative estimate of drug-likeness (QED) is 0.695. The van der Waals surface area contributed by atoms with Crippen LogP contribution in [0, 0.1) is 9.39 Å². The molecule has 0 fully saturated rings. The topological polar surface area (TPSA) is 12.0 Å². The molecular formula is C16H16ClFIN. The molecule has 0 bridgehead atoms. The molecule has 2 aromatic carbocycles. The van der Waals surface area contributed by atoms with Gasteiger partial charge in [-0.05, 0) is 64.9 Å². The number of benzene rings is 2. The first kappa shape index (κ1) is 15.7. The number of likely N-dealkylation sites (N-methyl/N-ethyl adjacent to an activating group) is 1. The third-order valence-corrected chi connectivity index (χ3v) is 4.12. The van der Waals surface area contributed by atoms with Crippen LogP contribution in [-0.4, -0.2) is 6.54 Å². The van der Waals surface area contributed by atoms with Gasteiger partial charge in [0.1, 0.15) is 5.82 Å². The van der Waals surface area contributed by atoms with Gasteiger partial charge in [-0.25, -0.2) is 4.39 Å². The lowest BCUT2D eigenvalue weighted by molar-refractivity contribution is 0.528. The highest BCUT2D eigenvalue weighted by molar-refractivity contribution is 14.1. The fraction of sp³-hybridized carbons (Fsp3) is 0.250. The maximum atomic E-state index is 14.0. The van der Waals surface area contributed by atoms with E-state index < -0.39 is 0 Å². The van der Waals surface area contributed by atoms with E-state index in [4.69, 9.17) is 11.6 Å². The van der Waals surface area contributed by atoms with Crippen LogP contribution in [0.1, 0.15) is 24.1 Å². The Labute approximate surface area is 137 Å². The Morgan fingerprint density at radius 2 is 2.00 bits per heavy atom. The maximum Gasteiger partial charge on any atom is 0.145 e. The third-order valence-electron chi connectivity index (χ3n) is 3.16. The zero-order valence-electron chi connectivity index (χ0n) is 11.2. The van der Waals surface area contributed by atoms with E-state index in [1.165, 1.54) is 3.57 Å². The van der Waals surface area contributed by atoms with Gasteiger partial charge in [0.15, 0.2) is 0 Å². The minimum absolute atomic E-state index is 0.0858. The molecule has 1 N–H and O–H groups in total. The van der Waals surface area contributed by atoms with Crippen LogP contribution < -0.4 is 5.32 Å². The summed E-state index contributed by atoms with van der Waals surface area (Å²) in [6.07, 6.45) is 0.584. The molecule has 0 aliphatic heterocycles. The summed E-state index contributed by atoms with van der Waals surface area (Å²) >= 11 is 8.14. The minimum Gasteiger partial charge on any atom is -0.310 e. The molecule has 0 aliphatic carbocycles. The number of hydrogen-bond acceptors (Lipinski definition) is 1. The van der Waals surface area contributed by atoms with Crippen LogP contribution in [-0.2, 0) is 6.42 Å². The summed E-state index contributed by atoms with van der Waals surface area (Å²) in [5, 5.41) is 3.59. The van der Waals surface area contributed by atoms with Crippen molar-refractivity contribution >= 4 is 34.2 Å². The highest BCUT2D eigenvalue weighted by Crippen LogP contribution is 2.24. The molecule has 2 rings (SSSR count). The van der Waals surface area contributed by atoms with E-state index in [-0.39, 0.29) is 16.9 Å². The number of halogens is 3. The lowest BCUT2D eigenvalue weighted by atomic mass is 9.98. The number of hydrogen-bond donors (Lipinski definition) is 1. The summed E-state index contributed by atoms with van der Waals surface area (Å²) in [6.45, 7) is 2.88. The monoisotopic (exact) mass is 403 g/mol. The zero-order valence-corrected chi connectivity index (χ0v) is 14.1. The summed E-state index contributed by atoms with van der Waals surface area (Å²) in [4.78, 5) is 0. The zero-order chi connectivity index (χ0) is 14.5. The second-order valence-electron chi connectivity index (χ2n) is 4.58. The fourth-order valence-electron chi connectivity index (χ4n) is 2.20. The predicted octanol–water partition coefficient (Wildman–Crippen LogP) is 4.98. The minimum atomic E-state index is -0.317. The predicted molar refractivity (Wildman–Crippen MR) is 90.7 cm³/mol. The van der Waals surface area contributed by atoms with Crippen LogP contribution >= 0.6 is 34.2 Å². The molecular weight excluding hydrogens is 388 g/mol. The van der Waals surface area contributed by atoms with Crippen LogP contribution in [0.2, 0.25) is 5.02 Å². The number of rotatable bonds is 5. The van der Waals surface area contributed by atoms with Gasteiger partial charge in [-0.3, -0.25) is 0 Å². The molecule has 0 saturated heterocycles. The van der Waals surface area contributed by atoms with Gasteiger partial charge in [0, 0.05) is 9.61 Å². The summed E-state index contributed by atoms with van der Waals surface area (Å²) in [6, 6.07) is 13.5. The Bertz CT molecular complexity index is 588. The van der Waals surface area contributed by atoms with Crippen molar-refractivity contribution < 1.29 is 4.39 Å². The first-order chi connectivity index (χ1) is 9.61. The van der Waals surface area contributed by atoms with Crippen molar-refractivity contribution in [3.8, 4) is 0 Å². The highest BCUT2D eigenvalue weighted by atomic mass is 127. The largest absolute Gasteiger partial charge is 0.310 e. The average Bonchev–Trinajstić information content (AvgIpc) is 2.43. The molecule has 0 aliphatic rings. The van der Waals surface area contributed by atoms with E-state index >= 15 is 0 Å². The Kier molecular flexibility index (Phi) is 5.81. The molecule has 0 spiro atoms. The van der Waals surface area contributed by atoms with Crippen LogP contribution in [0.5, 0.6) is 0 Å². The molecule has 2 aromatic rings. The first-order valence-electron chi connectivity index (χ1n) is 6.53. The van der Waals surface area contributed by atoms with Crippen LogP contribution in [0.25, 0.3) is 0 Å². The van der Waals surface area contributed by atoms with E-state index in [0.29, 0.717) is 12.0 Å². The Morgan fingerprint density at radius 3 is 2.70 bits per heavy atom. The second-order valence-corrected chi connectivity index (χ2v) is 6.24. The normalized spacial score (nSPS) is 12.4. The Hall–Kier alpha value is -0.650. The molecule has 1 atom stereocenters. The summed E-state index contributed by atoms with van der Waals surface area (Å²) in [7, 11) is 0. The smallest absolute Gasteiger partial charge is 0.145 e. The van der Waals surface area contributed by atoms with Crippen molar-refractivity contribution in [1.29, 1.82) is 0 Å². The van der Waals surface area contributed by atoms with Gasteiger partial charge in [0.2, 0.25) is 0 Å². The van der Waals surface area contributed by atoms with Gasteiger partial charge >= 0.3 is 0 Å². The van der Waals surface area contributed by atoms with Gasteiger partial charge in [0.05, 0.1) is 5.02 Å². The first-order valence-corrected chi connectivity index (χ1v) is 7.99. The van der Waals surface area contributed by atoms with Gasteiger partial charge in [-0.15, -0.1) is 0 Å². The molecule has 0 saturated carbocycles. The van der Waals surface area contributed by atoms with Crippen LogP contribution in [0.4, 0.5) is 4.39 Å². The maximum absolute atomic E-state index is 14.0. The molecule has 0 heterocycles. The Morgan fingerprint density at radius 1 is 1.25 bits per heavy atom.